The molecule has 0 aliphatic carbocycles. The smallest absolute Gasteiger partial charge is 0.358 e. The van der Waals surface area contributed by atoms with Gasteiger partial charge in [-0.25, -0.2) is 14.5 Å². The molecule has 0 saturated carbocycles. The molecule has 9 nitrogen and oxygen atoms in total. The van der Waals surface area contributed by atoms with Crippen LogP contribution in [0, 0.1) is 0 Å². The van der Waals surface area contributed by atoms with Gasteiger partial charge in [0, 0.05) is 25.9 Å². The van der Waals surface area contributed by atoms with Gasteiger partial charge in [-0.05, 0) is 0 Å². The predicted molar refractivity (Wildman–Crippen MR) is 71.5 cm³/mol. The molecule has 3 aromatic rings. The Morgan fingerprint density at radius 2 is 2.14 bits per heavy atom. The first kappa shape index (κ1) is 13.0. The van der Waals surface area contributed by atoms with Crippen molar-refractivity contribution in [2.24, 2.45) is 14.1 Å². The van der Waals surface area contributed by atoms with Gasteiger partial charge < -0.3 is 9.67 Å². The minimum absolute atomic E-state index is 0.0924. The van der Waals surface area contributed by atoms with E-state index < -0.39 is 5.97 Å². The number of aryl methyl sites for hydroxylation is 2. The SMILES string of the molecule is Cn1cc(-c2c(C(=O)O)nnn2Cc2cncn2C)cn1. The molecule has 0 fully saturated rings. The largest absolute Gasteiger partial charge is 0.476 e. The summed E-state index contributed by atoms with van der Waals surface area (Å²) in [5.74, 6) is -1.12. The summed E-state index contributed by atoms with van der Waals surface area (Å²) in [4.78, 5) is 15.4. The van der Waals surface area contributed by atoms with Crippen LogP contribution in [0.15, 0.2) is 24.9 Å². The molecule has 0 spiro atoms. The zero-order chi connectivity index (χ0) is 15.0. The van der Waals surface area contributed by atoms with E-state index in [1.165, 1.54) is 4.68 Å². The maximum absolute atomic E-state index is 11.3. The van der Waals surface area contributed by atoms with Gasteiger partial charge in [-0.3, -0.25) is 4.68 Å². The molecule has 3 aromatic heterocycles. The van der Waals surface area contributed by atoms with Gasteiger partial charge in [0.15, 0.2) is 5.69 Å². The van der Waals surface area contributed by atoms with Crippen molar-refractivity contribution in [2.75, 3.05) is 0 Å². The molecule has 0 radical (unpaired) electrons. The predicted octanol–water partition coefficient (Wildman–Crippen LogP) is 0.159. The van der Waals surface area contributed by atoms with E-state index >= 15 is 0 Å². The lowest BCUT2D eigenvalue weighted by Gasteiger charge is -2.06. The monoisotopic (exact) mass is 287 g/mol. The maximum Gasteiger partial charge on any atom is 0.358 e. The van der Waals surface area contributed by atoms with Gasteiger partial charge in [-0.2, -0.15) is 5.10 Å². The molecule has 0 aliphatic heterocycles. The van der Waals surface area contributed by atoms with Gasteiger partial charge >= 0.3 is 5.97 Å². The van der Waals surface area contributed by atoms with Crippen molar-refractivity contribution in [2.45, 2.75) is 6.54 Å². The number of nitrogens with zero attached hydrogens (tertiary/aromatic N) is 7. The summed E-state index contributed by atoms with van der Waals surface area (Å²) in [6.45, 7) is 0.376. The van der Waals surface area contributed by atoms with Gasteiger partial charge in [0.25, 0.3) is 0 Å². The van der Waals surface area contributed by atoms with Gasteiger partial charge in [-0.15, -0.1) is 5.10 Å². The molecule has 0 aliphatic rings. The fraction of sp³-hybridized carbons (Fsp3) is 0.250. The lowest BCUT2D eigenvalue weighted by molar-refractivity contribution is 0.0691. The van der Waals surface area contributed by atoms with Crippen LogP contribution in [0.3, 0.4) is 0 Å². The Morgan fingerprint density at radius 3 is 2.71 bits per heavy atom. The van der Waals surface area contributed by atoms with E-state index in [2.05, 4.69) is 20.4 Å². The lowest BCUT2D eigenvalue weighted by Crippen LogP contribution is -2.08. The Labute approximate surface area is 119 Å². The Bertz CT molecular complexity index is 798. The second kappa shape index (κ2) is 4.85. The van der Waals surface area contributed by atoms with Crippen molar-refractivity contribution < 1.29 is 9.90 Å². The van der Waals surface area contributed by atoms with Crippen LogP contribution in [0.25, 0.3) is 11.3 Å². The second-order valence-electron chi connectivity index (χ2n) is 4.65. The van der Waals surface area contributed by atoms with Crippen molar-refractivity contribution in [3.63, 3.8) is 0 Å². The zero-order valence-electron chi connectivity index (χ0n) is 11.5. The van der Waals surface area contributed by atoms with Crippen molar-refractivity contribution >= 4 is 5.97 Å². The third-order valence-electron chi connectivity index (χ3n) is 3.14. The van der Waals surface area contributed by atoms with Crippen LogP contribution in [0.2, 0.25) is 0 Å². The van der Waals surface area contributed by atoms with Crippen LogP contribution in [0.5, 0.6) is 0 Å². The lowest BCUT2D eigenvalue weighted by atomic mass is 10.2. The number of carboxylic acids is 1. The quantitative estimate of drug-likeness (QED) is 0.733. The molecule has 0 aromatic carbocycles. The number of imidazole rings is 1. The molecule has 3 heterocycles. The zero-order valence-corrected chi connectivity index (χ0v) is 11.5. The highest BCUT2D eigenvalue weighted by Crippen LogP contribution is 2.22. The molecule has 9 heteroatoms. The molecule has 108 valence electrons. The number of carbonyl (C=O) groups is 1. The topological polar surface area (TPSA) is 104 Å². The maximum atomic E-state index is 11.3. The van der Waals surface area contributed by atoms with E-state index in [9.17, 15) is 9.90 Å². The van der Waals surface area contributed by atoms with Crippen LogP contribution in [0.1, 0.15) is 16.2 Å². The summed E-state index contributed by atoms with van der Waals surface area (Å²) in [5.41, 5.74) is 1.88. The fourth-order valence-corrected chi connectivity index (χ4v) is 2.09. The highest BCUT2D eigenvalue weighted by molar-refractivity contribution is 5.92. The van der Waals surface area contributed by atoms with Crippen molar-refractivity contribution in [1.82, 2.24) is 34.3 Å². The van der Waals surface area contributed by atoms with E-state index in [1.54, 1.807) is 36.6 Å². The number of hydrogen-bond donors (Lipinski definition) is 1. The number of aromatic carboxylic acids is 1. The molecule has 0 amide bonds. The van der Waals surface area contributed by atoms with Crippen molar-refractivity contribution in [1.29, 1.82) is 0 Å². The Morgan fingerprint density at radius 1 is 1.33 bits per heavy atom. The average Bonchev–Trinajstić information content (AvgIpc) is 3.11. The van der Waals surface area contributed by atoms with Gasteiger partial charge in [-0.1, -0.05) is 5.21 Å². The number of aromatic nitrogens is 7. The summed E-state index contributed by atoms with van der Waals surface area (Å²) in [6.07, 6.45) is 6.69. The highest BCUT2D eigenvalue weighted by atomic mass is 16.4. The third kappa shape index (κ3) is 2.29. The van der Waals surface area contributed by atoms with E-state index in [0.717, 1.165) is 5.69 Å². The van der Waals surface area contributed by atoms with E-state index in [0.29, 0.717) is 17.8 Å². The summed E-state index contributed by atoms with van der Waals surface area (Å²) < 4.78 is 4.98. The standard InChI is InChI=1S/C12H13N7O2/c1-17-7-13-4-9(17)6-19-11(8-3-14-18(2)5-8)10(12(20)21)15-16-19/h3-5,7H,6H2,1-2H3,(H,20,21). The minimum Gasteiger partial charge on any atom is -0.476 e. The fourth-order valence-electron chi connectivity index (χ4n) is 2.09. The number of rotatable bonds is 4. The number of hydrogen-bond acceptors (Lipinski definition) is 5. The van der Waals surface area contributed by atoms with Gasteiger partial charge in [0.05, 0.1) is 31.0 Å². The second-order valence-corrected chi connectivity index (χ2v) is 4.65. The van der Waals surface area contributed by atoms with Crippen LogP contribution < -0.4 is 0 Å². The van der Waals surface area contributed by atoms with Gasteiger partial charge in [0.1, 0.15) is 5.69 Å². The first-order valence-electron chi connectivity index (χ1n) is 6.17. The third-order valence-corrected chi connectivity index (χ3v) is 3.14. The molecule has 3 rings (SSSR count). The molecule has 0 bridgehead atoms. The molecule has 21 heavy (non-hydrogen) atoms. The van der Waals surface area contributed by atoms with Gasteiger partial charge in [0.2, 0.25) is 0 Å². The molecule has 0 unspecified atom stereocenters. The molecule has 1 N–H and O–H groups in total. The first-order chi connectivity index (χ1) is 10.1. The van der Waals surface area contributed by atoms with Crippen molar-refractivity contribution in [3.8, 4) is 11.3 Å². The summed E-state index contributed by atoms with van der Waals surface area (Å²) in [6, 6.07) is 0. The van der Waals surface area contributed by atoms with E-state index in [-0.39, 0.29) is 5.69 Å². The number of carboxylic acid groups (broad SMARTS) is 1. The highest BCUT2D eigenvalue weighted by Gasteiger charge is 2.22. The first-order valence-corrected chi connectivity index (χ1v) is 6.17. The van der Waals surface area contributed by atoms with Crippen LogP contribution in [-0.2, 0) is 20.6 Å². The Hall–Kier alpha value is -2.97. The average molecular weight is 287 g/mol. The van der Waals surface area contributed by atoms with Crippen LogP contribution >= 0.6 is 0 Å². The Kier molecular flexibility index (Phi) is 3.01. The Balaban J connectivity index is 2.09. The van der Waals surface area contributed by atoms with E-state index in [4.69, 9.17) is 0 Å². The molecular weight excluding hydrogens is 274 g/mol. The summed E-state index contributed by atoms with van der Waals surface area (Å²) in [7, 11) is 3.63. The summed E-state index contributed by atoms with van der Waals surface area (Å²) >= 11 is 0. The van der Waals surface area contributed by atoms with Crippen LogP contribution in [0.4, 0.5) is 0 Å². The minimum atomic E-state index is -1.12. The summed E-state index contributed by atoms with van der Waals surface area (Å²) in [5, 5.41) is 21.0. The van der Waals surface area contributed by atoms with Crippen LogP contribution in [-0.4, -0.2) is 45.4 Å². The molecular formula is C12H13N7O2. The van der Waals surface area contributed by atoms with E-state index in [1.807, 2.05) is 11.6 Å². The molecule has 0 saturated heterocycles. The normalized spacial score (nSPS) is 11.0. The molecule has 0 atom stereocenters. The van der Waals surface area contributed by atoms with Crippen molar-refractivity contribution in [3.05, 3.63) is 36.3 Å².